The van der Waals surface area contributed by atoms with E-state index < -0.39 is 0 Å². The van der Waals surface area contributed by atoms with Crippen LogP contribution in [0.15, 0.2) is 410 Å². The minimum Gasteiger partial charge on any atom is -0.310 e. The Bertz CT molecular complexity index is 6000. The lowest BCUT2D eigenvalue weighted by Gasteiger charge is -2.48. The van der Waals surface area contributed by atoms with Gasteiger partial charge in [0.05, 0.1) is 17.1 Å². The van der Waals surface area contributed by atoms with Crippen molar-refractivity contribution in [3.63, 3.8) is 0 Å². The zero-order valence-electron chi connectivity index (χ0n) is 64.2. The monoisotopic (exact) mass is 1440 g/mol. The number of fused-ring (bicyclic) bond motifs is 4. The fourth-order valence-corrected chi connectivity index (χ4v) is 18.8. The quantitative estimate of drug-likeness (QED) is 0.107. The molecule has 6 aliphatic rings. The van der Waals surface area contributed by atoms with Crippen LogP contribution < -0.4 is 31.1 Å². The van der Waals surface area contributed by atoms with Crippen LogP contribution in [0.1, 0.15) is 53.5 Å². The first-order valence-corrected chi connectivity index (χ1v) is 39.8. The number of anilines is 9. The highest BCUT2D eigenvalue weighted by molar-refractivity contribution is 7.00. The molecule has 0 radical (unpaired) electrons. The van der Waals surface area contributed by atoms with E-state index in [1.807, 2.05) is 0 Å². The molecule has 0 spiro atoms. The average Bonchev–Trinajstić information content (AvgIpc) is 0.685. The van der Waals surface area contributed by atoms with Gasteiger partial charge >= 0.3 is 0 Å². The molecule has 14 aromatic carbocycles. The van der Waals surface area contributed by atoms with E-state index in [9.17, 15) is 0 Å². The van der Waals surface area contributed by atoms with E-state index in [1.165, 1.54) is 77.6 Å². The molecule has 0 bridgehead atoms. The van der Waals surface area contributed by atoms with Crippen LogP contribution >= 0.6 is 0 Å². The standard InChI is InChI=1S/C108H86BN3/c1-107(2,3)85-62-82-48-49-83-63-86(108(4,5)6)68-95-94(65-84(64-85)102(82)103(83)95)81-54-60-96-99(67-81)112(106-92(78-40-24-12-25-41-78)46-29-47-93(106)79-42-26-13-27-43-79)101-70-89(110(87-56-50-74(51-57-87)71-30-14-7-15-31-71)88-58-52-75(53-59-88)72-32-16-8-17-33-72)69-100-104(101)109(96)97-66-80(73-34-18-9-19-35-73)55-61-98(97)111(100)105-90(76-36-20-10-21-37-76)44-28-45-91(105)77-38-22-11-23-39-77/h7-62,64-70,83,102-103H,63H2,1-6H3. The van der Waals surface area contributed by atoms with Gasteiger partial charge in [-0.05, 0) is 177 Å². The second kappa shape index (κ2) is 27.5. The third kappa shape index (κ3) is 11.9. The topological polar surface area (TPSA) is 9.72 Å². The predicted molar refractivity (Wildman–Crippen MR) is 476 cm³/mol. The Morgan fingerprint density at radius 1 is 0.321 bits per heavy atom. The van der Waals surface area contributed by atoms with Crippen molar-refractivity contribution >= 4 is 79.9 Å². The van der Waals surface area contributed by atoms with Crippen LogP contribution in [0, 0.1) is 28.6 Å². The van der Waals surface area contributed by atoms with E-state index in [1.54, 1.807) is 0 Å². The van der Waals surface area contributed by atoms with Gasteiger partial charge in [0.2, 0.25) is 0 Å². The SMILES string of the molecule is CC(C)(C)C1=CC2=CC(c3ccc4c(c3)N(c3c(-c5ccccc5)cccc3-c3ccccc3)c3cc(N(c5ccc(-c6ccccc6)cc5)c5ccc(-c6ccccc6)cc5)cc5c3B4c3cc(-c4ccccc4)ccc3N5c3c(-c4ccccc4)cccc3-c3ccccc3)=C3C=C(C(C)(C)C)CC4C=CC(=C1)C2C34. The second-order valence-corrected chi connectivity index (χ2v) is 33.1. The van der Waals surface area contributed by atoms with E-state index in [-0.39, 0.29) is 29.4 Å². The van der Waals surface area contributed by atoms with E-state index in [2.05, 4.69) is 438 Å². The molecule has 0 aromatic heterocycles. The molecule has 2 aliphatic heterocycles. The van der Waals surface area contributed by atoms with E-state index in [0.29, 0.717) is 5.92 Å². The summed E-state index contributed by atoms with van der Waals surface area (Å²) in [7, 11) is 0. The van der Waals surface area contributed by atoms with Crippen LogP contribution in [0.3, 0.4) is 0 Å². The molecule has 4 heteroatoms. The predicted octanol–water partition coefficient (Wildman–Crippen LogP) is 27.3. The van der Waals surface area contributed by atoms with Crippen molar-refractivity contribution in [3.05, 3.63) is 416 Å². The lowest BCUT2D eigenvalue weighted by atomic mass is 9.33. The third-order valence-corrected chi connectivity index (χ3v) is 24.4. The summed E-state index contributed by atoms with van der Waals surface area (Å²) in [6.07, 6.45) is 16.5. The van der Waals surface area contributed by atoms with Crippen LogP contribution in [-0.4, -0.2) is 6.71 Å². The maximum atomic E-state index is 2.75. The summed E-state index contributed by atoms with van der Waals surface area (Å²) < 4.78 is 0. The van der Waals surface area contributed by atoms with Gasteiger partial charge in [-0.2, -0.15) is 0 Å². The van der Waals surface area contributed by atoms with Gasteiger partial charge in [0.15, 0.2) is 0 Å². The van der Waals surface area contributed by atoms with E-state index in [4.69, 9.17) is 0 Å². The summed E-state index contributed by atoms with van der Waals surface area (Å²) >= 11 is 0. The molecule has 0 amide bonds. The summed E-state index contributed by atoms with van der Waals surface area (Å²) in [6, 6.07) is 130. The Kier molecular flexibility index (Phi) is 16.8. The minimum atomic E-state index is -0.281. The lowest BCUT2D eigenvalue weighted by Crippen LogP contribution is -2.61. The number of hydrogen-bond acceptors (Lipinski definition) is 3. The molecule has 3 unspecified atom stereocenters. The Balaban J connectivity index is 0.952. The average molecular weight is 1440 g/mol. The highest BCUT2D eigenvalue weighted by atomic mass is 15.2. The molecule has 112 heavy (non-hydrogen) atoms. The lowest BCUT2D eigenvalue weighted by molar-refractivity contribution is 0.329. The fourth-order valence-electron chi connectivity index (χ4n) is 18.8. The first kappa shape index (κ1) is 68.3. The molecule has 14 aromatic rings. The Morgan fingerprint density at radius 2 is 0.741 bits per heavy atom. The van der Waals surface area contributed by atoms with Gasteiger partial charge < -0.3 is 14.7 Å². The van der Waals surface area contributed by atoms with Gasteiger partial charge in [0, 0.05) is 68.2 Å². The maximum absolute atomic E-state index is 2.75. The Labute approximate surface area is 660 Å². The van der Waals surface area contributed by atoms with Gasteiger partial charge in [-0.15, -0.1) is 0 Å². The van der Waals surface area contributed by atoms with Crippen LogP contribution in [-0.2, 0) is 0 Å². The van der Waals surface area contributed by atoms with Crippen molar-refractivity contribution in [2.45, 2.75) is 48.0 Å². The Morgan fingerprint density at radius 3 is 1.20 bits per heavy atom. The van der Waals surface area contributed by atoms with Crippen molar-refractivity contribution in [3.8, 4) is 77.9 Å². The number of nitrogens with zero attached hydrogens (tertiary/aromatic N) is 3. The summed E-state index contributed by atoms with van der Waals surface area (Å²) in [5, 5.41) is 0. The maximum Gasteiger partial charge on any atom is 0.252 e. The van der Waals surface area contributed by atoms with Gasteiger partial charge in [-0.25, -0.2) is 0 Å². The zero-order valence-corrected chi connectivity index (χ0v) is 64.2. The number of rotatable bonds is 13. The fraction of sp³-hybridized carbons (Fsp3) is 0.111. The van der Waals surface area contributed by atoms with Crippen LogP contribution in [0.4, 0.5) is 51.2 Å². The molecule has 4 aliphatic carbocycles. The summed E-state index contributed by atoms with van der Waals surface area (Å²) in [6.45, 7) is 14.1. The highest BCUT2D eigenvalue weighted by Crippen LogP contribution is 2.60. The summed E-state index contributed by atoms with van der Waals surface area (Å²) in [5.74, 6) is 0.896. The van der Waals surface area contributed by atoms with Gasteiger partial charge in [-0.1, -0.05) is 381 Å². The first-order valence-electron chi connectivity index (χ1n) is 39.8. The van der Waals surface area contributed by atoms with Gasteiger partial charge in [0.1, 0.15) is 0 Å². The second-order valence-electron chi connectivity index (χ2n) is 33.1. The largest absolute Gasteiger partial charge is 0.310 e. The molecule has 3 atom stereocenters. The summed E-state index contributed by atoms with van der Waals surface area (Å²) in [5.41, 5.74) is 39.1. The van der Waals surface area contributed by atoms with Gasteiger partial charge in [0.25, 0.3) is 6.71 Å². The molecular weight excluding hydrogens is 1350 g/mol. The number of hydrogen-bond donors (Lipinski definition) is 0. The molecular formula is C108H86BN3. The Hall–Kier alpha value is -13.0. The van der Waals surface area contributed by atoms with E-state index in [0.717, 1.165) is 113 Å². The molecule has 2 heterocycles. The van der Waals surface area contributed by atoms with Crippen LogP contribution in [0.25, 0.3) is 83.5 Å². The summed E-state index contributed by atoms with van der Waals surface area (Å²) in [4.78, 5) is 7.95. The number of benzene rings is 14. The first-order chi connectivity index (χ1) is 54.8. The molecule has 536 valence electrons. The van der Waals surface area contributed by atoms with Crippen molar-refractivity contribution in [2.75, 3.05) is 14.7 Å². The molecule has 3 nitrogen and oxygen atoms in total. The van der Waals surface area contributed by atoms with Crippen LogP contribution in [0.5, 0.6) is 0 Å². The molecule has 0 saturated heterocycles. The van der Waals surface area contributed by atoms with E-state index >= 15 is 0 Å². The van der Waals surface area contributed by atoms with Crippen molar-refractivity contribution in [1.29, 1.82) is 0 Å². The van der Waals surface area contributed by atoms with Crippen LogP contribution in [0.2, 0.25) is 0 Å². The van der Waals surface area contributed by atoms with Crippen molar-refractivity contribution in [1.82, 2.24) is 0 Å². The zero-order chi connectivity index (χ0) is 75.3. The van der Waals surface area contributed by atoms with Gasteiger partial charge in [-0.3, -0.25) is 0 Å². The smallest absolute Gasteiger partial charge is 0.252 e. The number of para-hydroxylation sites is 2. The normalized spacial score (nSPS) is 16.4. The molecule has 0 fully saturated rings. The third-order valence-electron chi connectivity index (χ3n) is 24.4. The highest BCUT2D eigenvalue weighted by Gasteiger charge is 2.49. The molecule has 0 N–H and O–H groups in total. The molecule has 0 saturated carbocycles. The van der Waals surface area contributed by atoms with Crippen molar-refractivity contribution < 1.29 is 0 Å². The minimum absolute atomic E-state index is 0.0320. The molecule has 20 rings (SSSR count). The number of allylic oxidation sites excluding steroid dienone is 12. The van der Waals surface area contributed by atoms with Crippen molar-refractivity contribution in [2.24, 2.45) is 28.6 Å².